The smallest absolute Gasteiger partial charge is 0.271 e. The van der Waals surface area contributed by atoms with Crippen molar-refractivity contribution in [1.29, 1.82) is 0 Å². The van der Waals surface area contributed by atoms with Crippen LogP contribution in [0.2, 0.25) is 0 Å². The summed E-state index contributed by atoms with van der Waals surface area (Å²) >= 11 is 0. The second kappa shape index (κ2) is 6.05. The van der Waals surface area contributed by atoms with E-state index in [0.717, 1.165) is 25.7 Å². The Bertz CT molecular complexity index is 706. The van der Waals surface area contributed by atoms with Crippen molar-refractivity contribution in [2.75, 3.05) is 6.54 Å². The minimum Gasteiger partial charge on any atom is -0.366 e. The number of nitro groups is 1. The standard InChI is InChI=1S/C17H22N4O4/c22-16-17(23)14(10-20(16)12-6-2-1-3-7-12)15(18-19-17)11-5-4-8-13(9-11)21(24)25/h4-5,8-9,12,14-15,18-19,23H,1-3,6-7,10H2. The maximum absolute atomic E-state index is 12.8. The van der Waals surface area contributed by atoms with Gasteiger partial charge in [0.1, 0.15) is 0 Å². The third-order valence-electron chi connectivity index (χ3n) is 5.79. The Morgan fingerprint density at radius 1 is 1.28 bits per heavy atom. The molecule has 2 heterocycles. The SMILES string of the molecule is O=C1N(C2CCCCC2)CC2C(c3cccc([N+](=O)[O-])c3)NNC12O. The number of non-ortho nitro benzene ring substituents is 1. The van der Waals surface area contributed by atoms with Gasteiger partial charge in [0.2, 0.25) is 5.72 Å². The second-order valence-electron chi connectivity index (χ2n) is 7.22. The number of nitro benzene ring substituents is 1. The van der Waals surface area contributed by atoms with Gasteiger partial charge in [-0.25, -0.2) is 10.9 Å². The van der Waals surface area contributed by atoms with E-state index >= 15 is 0 Å². The quantitative estimate of drug-likeness (QED) is 0.561. The van der Waals surface area contributed by atoms with Gasteiger partial charge in [-0.05, 0) is 18.4 Å². The molecule has 1 amide bonds. The lowest BCUT2D eigenvalue weighted by Crippen LogP contribution is -2.54. The number of carbonyl (C=O) groups is 1. The van der Waals surface area contributed by atoms with Crippen LogP contribution in [0, 0.1) is 16.0 Å². The summed E-state index contributed by atoms with van der Waals surface area (Å²) in [5, 5.41) is 21.9. The van der Waals surface area contributed by atoms with Crippen molar-refractivity contribution in [1.82, 2.24) is 15.8 Å². The van der Waals surface area contributed by atoms with Crippen LogP contribution in [0.1, 0.15) is 43.7 Å². The van der Waals surface area contributed by atoms with Crippen molar-refractivity contribution in [3.05, 3.63) is 39.9 Å². The largest absolute Gasteiger partial charge is 0.366 e. The van der Waals surface area contributed by atoms with E-state index in [1.165, 1.54) is 18.6 Å². The van der Waals surface area contributed by atoms with Crippen LogP contribution in [-0.4, -0.2) is 39.1 Å². The summed E-state index contributed by atoms with van der Waals surface area (Å²) in [5.41, 5.74) is 4.77. The molecular weight excluding hydrogens is 324 g/mol. The number of hydrogen-bond donors (Lipinski definition) is 3. The van der Waals surface area contributed by atoms with Gasteiger partial charge in [0, 0.05) is 24.7 Å². The summed E-state index contributed by atoms with van der Waals surface area (Å²) in [4.78, 5) is 25.2. The molecule has 1 aromatic rings. The number of rotatable bonds is 3. The van der Waals surface area contributed by atoms with Crippen molar-refractivity contribution < 1.29 is 14.8 Å². The van der Waals surface area contributed by atoms with Gasteiger partial charge >= 0.3 is 0 Å². The van der Waals surface area contributed by atoms with E-state index in [0.29, 0.717) is 12.1 Å². The van der Waals surface area contributed by atoms with Crippen LogP contribution in [0.3, 0.4) is 0 Å². The summed E-state index contributed by atoms with van der Waals surface area (Å²) < 4.78 is 0. The molecule has 2 saturated heterocycles. The van der Waals surface area contributed by atoms with Gasteiger partial charge < -0.3 is 10.0 Å². The number of nitrogens with zero attached hydrogens (tertiary/aromatic N) is 2. The molecule has 0 aromatic heterocycles. The van der Waals surface area contributed by atoms with Crippen LogP contribution in [0.25, 0.3) is 0 Å². The zero-order valence-electron chi connectivity index (χ0n) is 13.9. The fraction of sp³-hybridized carbons (Fsp3) is 0.588. The van der Waals surface area contributed by atoms with E-state index in [1.54, 1.807) is 12.1 Å². The van der Waals surface area contributed by atoms with E-state index in [9.17, 15) is 20.0 Å². The van der Waals surface area contributed by atoms with Crippen LogP contribution >= 0.6 is 0 Å². The highest BCUT2D eigenvalue weighted by atomic mass is 16.6. The Morgan fingerprint density at radius 3 is 2.76 bits per heavy atom. The zero-order chi connectivity index (χ0) is 17.6. The molecule has 8 nitrogen and oxygen atoms in total. The second-order valence-corrected chi connectivity index (χ2v) is 7.22. The zero-order valence-corrected chi connectivity index (χ0v) is 13.9. The topological polar surface area (TPSA) is 108 Å². The molecule has 8 heteroatoms. The van der Waals surface area contributed by atoms with Gasteiger partial charge in [-0.2, -0.15) is 0 Å². The number of amides is 1. The van der Waals surface area contributed by atoms with Crippen molar-refractivity contribution in [2.24, 2.45) is 5.92 Å². The normalized spacial score (nSPS) is 32.8. The van der Waals surface area contributed by atoms with Crippen molar-refractivity contribution >= 4 is 11.6 Å². The van der Waals surface area contributed by atoms with Crippen LogP contribution < -0.4 is 10.9 Å². The Kier molecular flexibility index (Phi) is 3.98. The first kappa shape index (κ1) is 16.4. The number of benzene rings is 1. The Balaban J connectivity index is 1.60. The molecule has 25 heavy (non-hydrogen) atoms. The molecule has 134 valence electrons. The van der Waals surface area contributed by atoms with Gasteiger partial charge in [0.15, 0.2) is 0 Å². The molecule has 3 unspecified atom stereocenters. The summed E-state index contributed by atoms with van der Waals surface area (Å²) in [6.07, 6.45) is 5.37. The fourth-order valence-electron chi connectivity index (χ4n) is 4.44. The Hall–Kier alpha value is -2.03. The maximum atomic E-state index is 12.8. The lowest BCUT2D eigenvalue weighted by molar-refractivity contribution is -0.384. The highest BCUT2D eigenvalue weighted by molar-refractivity contribution is 5.88. The number of carbonyl (C=O) groups excluding carboxylic acids is 1. The summed E-state index contributed by atoms with van der Waals surface area (Å²) in [5.74, 6) is -0.672. The van der Waals surface area contributed by atoms with E-state index in [2.05, 4.69) is 10.9 Å². The van der Waals surface area contributed by atoms with Gasteiger partial charge in [-0.3, -0.25) is 14.9 Å². The van der Waals surface area contributed by atoms with Crippen molar-refractivity contribution in [2.45, 2.75) is 49.9 Å². The highest BCUT2D eigenvalue weighted by Gasteiger charge is 2.61. The van der Waals surface area contributed by atoms with Crippen LogP contribution in [-0.2, 0) is 4.79 Å². The van der Waals surface area contributed by atoms with Crippen LogP contribution in [0.15, 0.2) is 24.3 Å². The monoisotopic (exact) mass is 346 g/mol. The third kappa shape index (κ3) is 2.61. The molecule has 0 spiro atoms. The van der Waals surface area contributed by atoms with Gasteiger partial charge in [-0.1, -0.05) is 31.4 Å². The predicted octanol–water partition coefficient (Wildman–Crippen LogP) is 1.22. The number of nitrogens with one attached hydrogen (secondary N) is 2. The van der Waals surface area contributed by atoms with Crippen LogP contribution in [0.5, 0.6) is 0 Å². The fourth-order valence-corrected chi connectivity index (χ4v) is 4.44. The van der Waals surface area contributed by atoms with Crippen molar-refractivity contribution in [3.8, 4) is 0 Å². The maximum Gasteiger partial charge on any atom is 0.271 e. The molecule has 4 rings (SSSR count). The molecule has 3 aliphatic rings. The molecule has 1 aliphatic carbocycles. The molecule has 3 fully saturated rings. The van der Waals surface area contributed by atoms with Gasteiger partial charge in [0.25, 0.3) is 11.6 Å². The van der Waals surface area contributed by atoms with Gasteiger partial charge in [-0.15, -0.1) is 0 Å². The van der Waals surface area contributed by atoms with Crippen LogP contribution in [0.4, 0.5) is 5.69 Å². The molecule has 1 saturated carbocycles. The molecule has 0 bridgehead atoms. The van der Waals surface area contributed by atoms with E-state index in [4.69, 9.17) is 0 Å². The Labute approximate surface area is 145 Å². The third-order valence-corrected chi connectivity index (χ3v) is 5.79. The van der Waals surface area contributed by atoms with E-state index < -0.39 is 10.6 Å². The summed E-state index contributed by atoms with van der Waals surface area (Å²) in [6.45, 7) is 0.452. The van der Waals surface area contributed by atoms with Gasteiger partial charge in [0.05, 0.1) is 16.9 Å². The average Bonchev–Trinajstić information content (AvgIpc) is 3.09. The number of fused-ring (bicyclic) bond motifs is 1. The number of hydrazine groups is 1. The molecule has 3 N–H and O–H groups in total. The lowest BCUT2D eigenvalue weighted by atomic mass is 9.89. The van der Waals surface area contributed by atoms with E-state index in [1.807, 2.05) is 4.90 Å². The summed E-state index contributed by atoms with van der Waals surface area (Å²) in [6, 6.07) is 6.17. The average molecular weight is 346 g/mol. The molecule has 0 radical (unpaired) electrons. The lowest BCUT2D eigenvalue weighted by Gasteiger charge is -2.32. The minimum atomic E-state index is -1.65. The minimum absolute atomic E-state index is 0.00296. The molecule has 1 aromatic carbocycles. The molecule has 3 atom stereocenters. The molecular formula is C17H22N4O4. The summed E-state index contributed by atoms with van der Waals surface area (Å²) in [7, 11) is 0. The predicted molar refractivity (Wildman–Crippen MR) is 89.1 cm³/mol. The number of hydrogen-bond acceptors (Lipinski definition) is 6. The first-order valence-electron chi connectivity index (χ1n) is 8.81. The highest BCUT2D eigenvalue weighted by Crippen LogP contribution is 2.42. The van der Waals surface area contributed by atoms with Crippen molar-refractivity contribution in [3.63, 3.8) is 0 Å². The first-order valence-corrected chi connectivity index (χ1v) is 8.81. The number of aliphatic hydroxyl groups is 1. The Morgan fingerprint density at radius 2 is 2.04 bits per heavy atom. The molecule has 2 aliphatic heterocycles. The first-order chi connectivity index (χ1) is 12.0. The van der Waals surface area contributed by atoms with E-state index in [-0.39, 0.29) is 29.6 Å². The number of likely N-dealkylation sites (tertiary alicyclic amines) is 1.